The number of phenolic OH excluding ortho intramolecular Hbond substituents is 1. The van der Waals surface area contributed by atoms with Gasteiger partial charge < -0.3 is 15.6 Å². The van der Waals surface area contributed by atoms with Crippen molar-refractivity contribution in [3.8, 4) is 5.75 Å². The van der Waals surface area contributed by atoms with Crippen molar-refractivity contribution >= 4 is 5.97 Å². The number of hydrogen-bond acceptors (Lipinski definition) is 4. The van der Waals surface area contributed by atoms with Gasteiger partial charge in [-0.1, -0.05) is 0 Å². The van der Waals surface area contributed by atoms with E-state index in [2.05, 4.69) is 4.74 Å². The Morgan fingerprint density at radius 3 is 2.06 bits per heavy atom. The molecule has 18 heavy (non-hydrogen) atoms. The van der Waals surface area contributed by atoms with E-state index < -0.39 is 53.0 Å². The SMILES string of the molecule is COC(=O)[C@H](N)Cc1c(F)c(F)c(O)c(F)c1F. The van der Waals surface area contributed by atoms with Gasteiger partial charge in [0, 0.05) is 12.0 Å². The van der Waals surface area contributed by atoms with E-state index in [1.54, 1.807) is 0 Å². The van der Waals surface area contributed by atoms with E-state index in [0.29, 0.717) is 0 Å². The Balaban J connectivity index is 3.22. The lowest BCUT2D eigenvalue weighted by Gasteiger charge is -2.12. The number of aromatic hydroxyl groups is 1. The van der Waals surface area contributed by atoms with Crippen LogP contribution in [0.2, 0.25) is 0 Å². The van der Waals surface area contributed by atoms with Crippen molar-refractivity contribution in [3.63, 3.8) is 0 Å². The highest BCUT2D eigenvalue weighted by Crippen LogP contribution is 2.29. The molecular weight excluding hydrogens is 258 g/mol. The lowest BCUT2D eigenvalue weighted by atomic mass is 10.0. The quantitative estimate of drug-likeness (QED) is 0.486. The smallest absolute Gasteiger partial charge is 0.322 e. The molecule has 1 aromatic rings. The molecule has 0 radical (unpaired) electrons. The van der Waals surface area contributed by atoms with E-state index in [4.69, 9.17) is 10.8 Å². The number of methoxy groups -OCH3 is 1. The van der Waals surface area contributed by atoms with Gasteiger partial charge in [0.2, 0.25) is 11.6 Å². The first-order valence-electron chi connectivity index (χ1n) is 4.68. The molecule has 100 valence electrons. The minimum atomic E-state index is -1.94. The molecule has 0 aliphatic heterocycles. The Morgan fingerprint density at radius 2 is 1.67 bits per heavy atom. The Morgan fingerprint density at radius 1 is 1.22 bits per heavy atom. The van der Waals surface area contributed by atoms with Crippen molar-refractivity contribution in [3.05, 3.63) is 28.8 Å². The predicted molar refractivity (Wildman–Crippen MR) is 51.6 cm³/mol. The molecule has 1 aromatic carbocycles. The van der Waals surface area contributed by atoms with E-state index in [1.807, 2.05) is 0 Å². The largest absolute Gasteiger partial charge is 0.503 e. The highest BCUT2D eigenvalue weighted by Gasteiger charge is 2.27. The first-order chi connectivity index (χ1) is 8.31. The summed E-state index contributed by atoms with van der Waals surface area (Å²) >= 11 is 0. The lowest BCUT2D eigenvalue weighted by Crippen LogP contribution is -2.34. The van der Waals surface area contributed by atoms with Crippen molar-refractivity contribution in [2.24, 2.45) is 5.73 Å². The Labute approximate surface area is 99.0 Å². The number of phenols is 1. The molecule has 0 amide bonds. The molecule has 0 fully saturated rings. The van der Waals surface area contributed by atoms with Gasteiger partial charge in [-0.3, -0.25) is 4.79 Å². The molecule has 0 aromatic heterocycles. The van der Waals surface area contributed by atoms with E-state index in [-0.39, 0.29) is 0 Å². The van der Waals surface area contributed by atoms with Crippen molar-refractivity contribution in [2.75, 3.05) is 7.11 Å². The summed E-state index contributed by atoms with van der Waals surface area (Å²) in [6.45, 7) is 0. The van der Waals surface area contributed by atoms with Gasteiger partial charge in [0.1, 0.15) is 6.04 Å². The minimum absolute atomic E-state index is 0.807. The minimum Gasteiger partial charge on any atom is -0.503 e. The molecule has 0 aliphatic rings. The molecule has 0 spiro atoms. The normalized spacial score (nSPS) is 12.3. The van der Waals surface area contributed by atoms with Crippen LogP contribution >= 0.6 is 0 Å². The van der Waals surface area contributed by atoms with Crippen LogP contribution in [0.3, 0.4) is 0 Å². The van der Waals surface area contributed by atoms with Crippen LogP contribution in [0.15, 0.2) is 0 Å². The number of carbonyl (C=O) groups excluding carboxylic acids is 1. The van der Waals surface area contributed by atoms with Crippen LogP contribution in [0.4, 0.5) is 17.6 Å². The van der Waals surface area contributed by atoms with E-state index in [9.17, 15) is 22.4 Å². The summed E-state index contributed by atoms with van der Waals surface area (Å²) in [5.41, 5.74) is 4.15. The molecular formula is C10H9F4NO3. The van der Waals surface area contributed by atoms with Crippen LogP contribution in [0, 0.1) is 23.3 Å². The number of rotatable bonds is 3. The number of benzene rings is 1. The number of carbonyl (C=O) groups is 1. The number of ether oxygens (including phenoxy) is 1. The third kappa shape index (κ3) is 2.37. The second-order valence-corrected chi connectivity index (χ2v) is 3.42. The Kier molecular flexibility index (Phi) is 4.12. The van der Waals surface area contributed by atoms with Crippen molar-refractivity contribution in [1.29, 1.82) is 0 Å². The molecule has 1 rings (SSSR count). The van der Waals surface area contributed by atoms with Gasteiger partial charge in [-0.05, 0) is 0 Å². The van der Waals surface area contributed by atoms with Gasteiger partial charge in [0.15, 0.2) is 17.4 Å². The van der Waals surface area contributed by atoms with Gasteiger partial charge in [-0.25, -0.2) is 8.78 Å². The highest BCUT2D eigenvalue weighted by molar-refractivity contribution is 5.75. The zero-order valence-electron chi connectivity index (χ0n) is 9.14. The zero-order chi connectivity index (χ0) is 14.0. The summed E-state index contributed by atoms with van der Waals surface area (Å²) in [6, 6.07) is -1.48. The van der Waals surface area contributed by atoms with Gasteiger partial charge in [0.25, 0.3) is 0 Å². The van der Waals surface area contributed by atoms with E-state index >= 15 is 0 Å². The summed E-state index contributed by atoms with van der Waals surface area (Å²) in [7, 11) is 0.993. The number of halogens is 4. The molecule has 0 saturated heterocycles. The fourth-order valence-electron chi connectivity index (χ4n) is 1.30. The molecule has 0 saturated carbocycles. The van der Waals surface area contributed by atoms with Crippen LogP contribution in [-0.2, 0) is 16.0 Å². The molecule has 1 atom stereocenters. The van der Waals surface area contributed by atoms with Crippen LogP contribution in [0.5, 0.6) is 5.75 Å². The topological polar surface area (TPSA) is 72.5 Å². The third-order valence-corrected chi connectivity index (χ3v) is 2.26. The van der Waals surface area contributed by atoms with Crippen LogP contribution in [0.1, 0.15) is 5.56 Å². The monoisotopic (exact) mass is 267 g/mol. The fourth-order valence-corrected chi connectivity index (χ4v) is 1.30. The zero-order valence-corrected chi connectivity index (χ0v) is 9.14. The molecule has 0 heterocycles. The van der Waals surface area contributed by atoms with Gasteiger partial charge >= 0.3 is 5.97 Å². The summed E-state index contributed by atoms with van der Waals surface area (Å²) < 4.78 is 56.7. The summed E-state index contributed by atoms with van der Waals surface area (Å²) in [6.07, 6.45) is -0.807. The molecule has 3 N–H and O–H groups in total. The van der Waals surface area contributed by atoms with Gasteiger partial charge in [-0.15, -0.1) is 0 Å². The first-order valence-corrected chi connectivity index (χ1v) is 4.68. The van der Waals surface area contributed by atoms with Crippen molar-refractivity contribution in [1.82, 2.24) is 0 Å². The summed E-state index contributed by atoms with van der Waals surface area (Å²) in [5.74, 6) is -10.2. The first kappa shape index (κ1) is 14.2. The fraction of sp³-hybridized carbons (Fsp3) is 0.300. The second-order valence-electron chi connectivity index (χ2n) is 3.42. The van der Waals surface area contributed by atoms with Crippen LogP contribution < -0.4 is 5.73 Å². The van der Waals surface area contributed by atoms with Crippen LogP contribution in [-0.4, -0.2) is 24.2 Å². The van der Waals surface area contributed by atoms with Gasteiger partial charge in [-0.2, -0.15) is 8.78 Å². The molecule has 8 heteroatoms. The standard InChI is InChI=1S/C10H9F4NO3/c1-18-10(17)4(15)2-3-5(11)7(13)9(16)8(14)6(3)12/h4,16H,2,15H2,1H3/t4-/m1/s1. The Hall–Kier alpha value is -1.83. The highest BCUT2D eigenvalue weighted by atomic mass is 19.2. The molecule has 0 unspecified atom stereocenters. The summed E-state index contributed by atoms with van der Waals surface area (Å²) in [5, 5.41) is 8.73. The second kappa shape index (κ2) is 5.21. The maximum absolute atomic E-state index is 13.3. The average molecular weight is 267 g/mol. The molecule has 0 aliphatic carbocycles. The number of esters is 1. The maximum atomic E-state index is 13.3. The Bertz CT molecular complexity index is 463. The lowest BCUT2D eigenvalue weighted by molar-refractivity contribution is -0.142. The van der Waals surface area contributed by atoms with Crippen LogP contribution in [0.25, 0.3) is 0 Å². The van der Waals surface area contributed by atoms with E-state index in [0.717, 1.165) is 7.11 Å². The summed E-state index contributed by atoms with van der Waals surface area (Å²) in [4.78, 5) is 10.9. The average Bonchev–Trinajstić information content (AvgIpc) is 2.37. The predicted octanol–water partition coefficient (Wildman–Crippen LogP) is 0.991. The molecule has 4 nitrogen and oxygen atoms in total. The van der Waals surface area contributed by atoms with Gasteiger partial charge in [0.05, 0.1) is 7.11 Å². The number of hydrogen-bond donors (Lipinski definition) is 2. The van der Waals surface area contributed by atoms with Crippen molar-refractivity contribution in [2.45, 2.75) is 12.5 Å². The van der Waals surface area contributed by atoms with Crippen molar-refractivity contribution < 1.29 is 32.2 Å². The molecule has 0 bridgehead atoms. The number of nitrogens with two attached hydrogens (primary N) is 1. The van der Waals surface area contributed by atoms with E-state index in [1.165, 1.54) is 0 Å². The maximum Gasteiger partial charge on any atom is 0.322 e. The third-order valence-electron chi connectivity index (χ3n) is 2.26.